The quantitative estimate of drug-likeness (QED) is 0.101. The number of carbonyl (C=O) groups excluding carboxylic acids is 7. The van der Waals surface area contributed by atoms with Gasteiger partial charge >= 0.3 is 5.97 Å². The van der Waals surface area contributed by atoms with Crippen molar-refractivity contribution in [2.75, 3.05) is 18.1 Å². The average molecular weight is 692 g/mol. The summed E-state index contributed by atoms with van der Waals surface area (Å²) in [5, 5.41) is 33.9. The highest BCUT2D eigenvalue weighted by Crippen LogP contribution is 2.23. The lowest BCUT2D eigenvalue weighted by Crippen LogP contribution is -2.61. The third-order valence-electron chi connectivity index (χ3n) is 6.59. The third kappa shape index (κ3) is 14.2. The van der Waals surface area contributed by atoms with Crippen LogP contribution in [0.25, 0.3) is 0 Å². The van der Waals surface area contributed by atoms with Gasteiger partial charge in [0.25, 0.3) is 0 Å². The van der Waals surface area contributed by atoms with Crippen LogP contribution in [0, 0.1) is 11.8 Å². The topological polar surface area (TPSA) is 275 Å². The first kappa shape index (κ1) is 40.4. The Balaban J connectivity index is 3.49. The summed E-state index contributed by atoms with van der Waals surface area (Å²) in [4.78, 5) is 101. The normalized spacial score (nSPS) is 24.5. The second kappa shape index (κ2) is 19.8. The highest BCUT2D eigenvalue weighted by molar-refractivity contribution is 8.76. The van der Waals surface area contributed by atoms with Crippen LogP contribution in [-0.4, -0.2) is 112 Å². The summed E-state index contributed by atoms with van der Waals surface area (Å²) in [6, 6.07) is -7.82. The highest BCUT2D eigenvalue weighted by Gasteiger charge is 2.34. The number of aliphatic carboxylic acids is 1. The van der Waals surface area contributed by atoms with Crippen molar-refractivity contribution >= 4 is 68.9 Å². The van der Waals surface area contributed by atoms with Gasteiger partial charge in [0.05, 0.1) is 6.61 Å². The molecule has 1 heterocycles. The van der Waals surface area contributed by atoms with Gasteiger partial charge in [-0.3, -0.25) is 38.4 Å². The first-order valence-electron chi connectivity index (χ1n) is 14.6. The second-order valence-corrected chi connectivity index (χ2v) is 14.0. The van der Waals surface area contributed by atoms with Gasteiger partial charge in [-0.25, -0.2) is 0 Å². The molecule has 0 aromatic heterocycles. The lowest BCUT2D eigenvalue weighted by atomic mass is 10.0. The van der Waals surface area contributed by atoms with Crippen molar-refractivity contribution in [3.63, 3.8) is 0 Å². The van der Waals surface area contributed by atoms with Gasteiger partial charge < -0.3 is 47.8 Å². The number of nitrogens with one attached hydrogen (secondary N) is 6. The van der Waals surface area contributed by atoms with Crippen molar-refractivity contribution in [3.8, 4) is 0 Å². The van der Waals surface area contributed by atoms with E-state index in [2.05, 4.69) is 31.9 Å². The van der Waals surface area contributed by atoms with Gasteiger partial charge in [-0.15, -0.1) is 0 Å². The number of aliphatic hydroxyl groups excluding tert-OH is 1. The van der Waals surface area contributed by atoms with Crippen LogP contribution < -0.4 is 37.6 Å². The number of carboxylic acid groups (broad SMARTS) is 1. The third-order valence-corrected chi connectivity index (χ3v) is 9.01. The van der Waals surface area contributed by atoms with Gasteiger partial charge in [-0.2, -0.15) is 0 Å². The Morgan fingerprint density at radius 3 is 1.93 bits per heavy atom. The van der Waals surface area contributed by atoms with Crippen LogP contribution in [0.2, 0.25) is 0 Å². The summed E-state index contributed by atoms with van der Waals surface area (Å²) in [5.41, 5.74) is 5.51. The van der Waals surface area contributed by atoms with E-state index in [1.807, 2.05) is 0 Å². The molecule has 0 spiro atoms. The number of primary amides is 1. The van der Waals surface area contributed by atoms with E-state index >= 15 is 0 Å². The molecule has 0 aliphatic carbocycles. The molecule has 1 aliphatic rings. The molecule has 7 amide bonds. The molecule has 0 unspecified atom stereocenters. The molecule has 0 radical (unpaired) electrons. The molecule has 17 nitrogen and oxygen atoms in total. The Bertz CT molecular complexity index is 1140. The molecule has 1 fully saturated rings. The summed E-state index contributed by atoms with van der Waals surface area (Å²) in [5.74, 6) is -7.56. The van der Waals surface area contributed by atoms with E-state index in [1.165, 1.54) is 6.92 Å². The minimum absolute atomic E-state index is 0.0581. The molecule has 0 saturated carbocycles. The molecule has 0 aromatic rings. The number of amides is 7. The molecular formula is C27H45N7O10S2. The van der Waals surface area contributed by atoms with Crippen LogP contribution >= 0.6 is 21.6 Å². The number of carbonyl (C=O) groups is 8. The minimum Gasteiger partial charge on any atom is -0.481 e. The standard InChI is InChI=1S/C27H45N7O10S2/c1-12(2)8-16-24(41)33-18(22(28)39)10-45-46-11-19(34-27(44)21(13(3)4)29-14(5)36)26(43)32-17(9-35)25(42)30-15(23(40)31-16)6-7-20(37)38/h12-13,15-19,21,35H,6-11H2,1-5H3,(H2,28,39)(H,29,36)(H,30,42)(H,31,40)(H,32,43)(H,33,41)(H,34,44)(H,37,38)/t15-,16-,17-,18-,19-,21-/m0/s1. The van der Waals surface area contributed by atoms with E-state index in [1.54, 1.807) is 27.7 Å². The second-order valence-electron chi connectivity index (χ2n) is 11.4. The maximum Gasteiger partial charge on any atom is 0.303 e. The SMILES string of the molecule is CC(=O)N[C@H](C(=O)N[C@H]1CSSC[C@@H](C(N)=O)NC(=O)[C@H](CC(C)C)NC(=O)[C@H](CCC(=O)O)NC(=O)[C@H](CO)NC1=O)C(C)C. The van der Waals surface area contributed by atoms with Gasteiger partial charge in [0.2, 0.25) is 41.4 Å². The number of carboxylic acids is 1. The summed E-state index contributed by atoms with van der Waals surface area (Å²) < 4.78 is 0. The molecule has 6 atom stereocenters. The van der Waals surface area contributed by atoms with E-state index in [4.69, 9.17) is 5.73 Å². The summed E-state index contributed by atoms with van der Waals surface area (Å²) in [6.45, 7) is 7.23. The fourth-order valence-corrected chi connectivity index (χ4v) is 6.49. The molecule has 1 rings (SSSR count). The average Bonchev–Trinajstić information content (AvgIpc) is 2.95. The van der Waals surface area contributed by atoms with Gasteiger partial charge in [-0.05, 0) is 24.7 Å². The van der Waals surface area contributed by atoms with Crippen LogP contribution in [0.1, 0.15) is 53.9 Å². The molecule has 1 saturated heterocycles. The Morgan fingerprint density at radius 1 is 0.870 bits per heavy atom. The largest absolute Gasteiger partial charge is 0.481 e. The fourth-order valence-electron chi connectivity index (χ4n) is 4.15. The fraction of sp³-hybridized carbons (Fsp3) is 0.704. The summed E-state index contributed by atoms with van der Waals surface area (Å²) in [7, 11) is 2.09. The number of nitrogens with two attached hydrogens (primary N) is 1. The van der Waals surface area contributed by atoms with Gasteiger partial charge in [-0.1, -0.05) is 49.3 Å². The van der Waals surface area contributed by atoms with Crippen LogP contribution in [0.3, 0.4) is 0 Å². The van der Waals surface area contributed by atoms with E-state index < -0.39 is 103 Å². The van der Waals surface area contributed by atoms with Gasteiger partial charge in [0.15, 0.2) is 0 Å². The van der Waals surface area contributed by atoms with Crippen LogP contribution in [0.15, 0.2) is 0 Å². The van der Waals surface area contributed by atoms with E-state index in [0.29, 0.717) is 0 Å². The minimum atomic E-state index is -1.62. The summed E-state index contributed by atoms with van der Waals surface area (Å²) >= 11 is 0. The van der Waals surface area contributed by atoms with E-state index in [-0.39, 0.29) is 29.8 Å². The first-order valence-corrected chi connectivity index (χ1v) is 17.1. The number of hydrogen-bond donors (Lipinski definition) is 9. The highest BCUT2D eigenvalue weighted by atomic mass is 33.1. The summed E-state index contributed by atoms with van der Waals surface area (Å²) in [6.07, 6.45) is -0.824. The predicted octanol–water partition coefficient (Wildman–Crippen LogP) is -2.65. The van der Waals surface area contributed by atoms with Gasteiger partial charge in [0.1, 0.15) is 36.3 Å². The zero-order valence-corrected chi connectivity index (χ0v) is 28.0. The molecule has 0 aromatic carbocycles. The number of rotatable bonds is 11. The predicted molar refractivity (Wildman–Crippen MR) is 170 cm³/mol. The Labute approximate surface area is 274 Å². The zero-order valence-electron chi connectivity index (χ0n) is 26.4. The number of aliphatic hydroxyl groups is 1. The van der Waals surface area contributed by atoms with E-state index in [9.17, 15) is 48.6 Å². The van der Waals surface area contributed by atoms with Crippen LogP contribution in [-0.2, 0) is 38.4 Å². The lowest BCUT2D eigenvalue weighted by molar-refractivity contribution is -0.139. The van der Waals surface area contributed by atoms with Crippen molar-refractivity contribution in [2.24, 2.45) is 17.6 Å². The monoisotopic (exact) mass is 691 g/mol. The molecule has 10 N–H and O–H groups in total. The smallest absolute Gasteiger partial charge is 0.303 e. The molecule has 1 aliphatic heterocycles. The van der Waals surface area contributed by atoms with E-state index in [0.717, 1.165) is 21.6 Å². The van der Waals surface area contributed by atoms with Crippen molar-refractivity contribution in [1.29, 1.82) is 0 Å². The van der Waals surface area contributed by atoms with Crippen LogP contribution in [0.4, 0.5) is 0 Å². The lowest BCUT2D eigenvalue weighted by Gasteiger charge is -2.27. The molecule has 19 heteroatoms. The molecule has 46 heavy (non-hydrogen) atoms. The Hall–Kier alpha value is -3.58. The van der Waals surface area contributed by atoms with Crippen molar-refractivity contribution in [3.05, 3.63) is 0 Å². The van der Waals surface area contributed by atoms with Crippen LogP contribution in [0.5, 0.6) is 0 Å². The first-order chi connectivity index (χ1) is 21.5. The zero-order chi connectivity index (χ0) is 35.1. The maximum atomic E-state index is 13.3. The van der Waals surface area contributed by atoms with Gasteiger partial charge in [0, 0.05) is 24.9 Å². The molecular weight excluding hydrogens is 646 g/mol. The molecule has 260 valence electrons. The Morgan fingerprint density at radius 2 is 1.41 bits per heavy atom. The maximum absolute atomic E-state index is 13.3. The number of hydrogen-bond acceptors (Lipinski definition) is 11. The van der Waals surface area contributed by atoms with Crippen molar-refractivity contribution in [1.82, 2.24) is 31.9 Å². The molecule has 0 bridgehead atoms. The van der Waals surface area contributed by atoms with Crippen molar-refractivity contribution < 1.29 is 48.6 Å². The Kier molecular flexibility index (Phi) is 17.4. The van der Waals surface area contributed by atoms with Crippen molar-refractivity contribution in [2.45, 2.75) is 90.1 Å².